The number of nitrogens with one attached hydrogen (secondary N) is 1. The van der Waals surface area contributed by atoms with Crippen molar-refractivity contribution in [2.75, 3.05) is 23.9 Å². The smallest absolute Gasteiger partial charge is 0.310 e. The number of carbonyl (C=O) groups excluding carboxylic acids is 3. The molecule has 1 N–H and O–H groups in total. The second kappa shape index (κ2) is 8.51. The van der Waals surface area contributed by atoms with Crippen molar-refractivity contribution in [1.82, 2.24) is 0 Å². The molecule has 0 bridgehead atoms. The van der Waals surface area contributed by atoms with Gasteiger partial charge in [-0.25, -0.2) is 0 Å². The first-order valence-corrected chi connectivity index (χ1v) is 9.87. The first-order chi connectivity index (χ1) is 15.0. The van der Waals surface area contributed by atoms with Gasteiger partial charge in [0, 0.05) is 29.5 Å². The van der Waals surface area contributed by atoms with E-state index in [9.17, 15) is 14.4 Å². The molecule has 0 saturated heterocycles. The zero-order valence-corrected chi connectivity index (χ0v) is 17.2. The normalized spacial score (nSPS) is 15.7. The molecule has 1 aliphatic heterocycles. The maximum Gasteiger partial charge on any atom is 0.310 e. The average molecular weight is 422 g/mol. The molecule has 3 aromatic rings. The maximum atomic E-state index is 12.9. The highest BCUT2D eigenvalue weighted by Gasteiger charge is 2.30. The molecular weight excluding hydrogens is 400 g/mol. The second-order valence-electron chi connectivity index (χ2n) is 7.34. The number of furan rings is 1. The molecular formula is C23H22N2O6. The summed E-state index contributed by atoms with van der Waals surface area (Å²) >= 11 is 0. The van der Waals surface area contributed by atoms with E-state index in [-0.39, 0.29) is 24.8 Å². The first-order valence-electron chi connectivity index (χ1n) is 9.87. The highest BCUT2D eigenvalue weighted by atomic mass is 16.5. The van der Waals surface area contributed by atoms with Crippen LogP contribution in [0.2, 0.25) is 0 Å². The number of hydrogen-bond donors (Lipinski definition) is 1. The molecule has 1 atom stereocenters. The SMILES string of the molecule is COc1ccc2c(CC(=O)OCC(=O)N3c4ccccc4NC(=O)CC3C)coc2c1. The number of nitrogens with zero attached hydrogens (tertiary/aromatic N) is 1. The topological polar surface area (TPSA) is 98.1 Å². The van der Waals surface area contributed by atoms with Gasteiger partial charge in [0.15, 0.2) is 6.61 Å². The molecule has 31 heavy (non-hydrogen) atoms. The number of methoxy groups -OCH3 is 1. The van der Waals surface area contributed by atoms with Crippen LogP contribution in [0.15, 0.2) is 53.1 Å². The fourth-order valence-corrected chi connectivity index (χ4v) is 3.71. The lowest BCUT2D eigenvalue weighted by atomic mass is 10.1. The van der Waals surface area contributed by atoms with E-state index in [0.717, 1.165) is 5.39 Å². The third-order valence-corrected chi connectivity index (χ3v) is 5.18. The average Bonchev–Trinajstić information content (AvgIpc) is 3.09. The zero-order chi connectivity index (χ0) is 22.0. The summed E-state index contributed by atoms with van der Waals surface area (Å²) in [6, 6.07) is 12.0. The Labute approximate surface area is 178 Å². The number of para-hydroxylation sites is 2. The summed E-state index contributed by atoms with van der Waals surface area (Å²) in [5.41, 5.74) is 2.40. The predicted molar refractivity (Wildman–Crippen MR) is 114 cm³/mol. The molecule has 0 fully saturated rings. The zero-order valence-electron chi connectivity index (χ0n) is 17.2. The van der Waals surface area contributed by atoms with Crippen LogP contribution in [0, 0.1) is 0 Å². The number of amides is 2. The van der Waals surface area contributed by atoms with Gasteiger partial charge in [0.25, 0.3) is 5.91 Å². The van der Waals surface area contributed by atoms with Crippen molar-refractivity contribution in [1.29, 1.82) is 0 Å². The fourth-order valence-electron chi connectivity index (χ4n) is 3.71. The molecule has 0 aliphatic carbocycles. The van der Waals surface area contributed by atoms with Gasteiger partial charge in [-0.05, 0) is 31.2 Å². The summed E-state index contributed by atoms with van der Waals surface area (Å²) in [5.74, 6) is -0.458. The molecule has 1 aliphatic rings. The van der Waals surface area contributed by atoms with Crippen LogP contribution in [0.4, 0.5) is 11.4 Å². The van der Waals surface area contributed by atoms with Crippen LogP contribution in [-0.2, 0) is 25.5 Å². The van der Waals surface area contributed by atoms with Gasteiger partial charge in [-0.2, -0.15) is 0 Å². The number of ether oxygens (including phenoxy) is 2. The number of hydrogen-bond acceptors (Lipinski definition) is 6. The van der Waals surface area contributed by atoms with Crippen LogP contribution in [0.5, 0.6) is 5.75 Å². The Morgan fingerprint density at radius 3 is 2.84 bits per heavy atom. The number of carbonyl (C=O) groups is 3. The Balaban J connectivity index is 1.44. The van der Waals surface area contributed by atoms with Crippen molar-refractivity contribution >= 4 is 40.1 Å². The second-order valence-corrected chi connectivity index (χ2v) is 7.34. The van der Waals surface area contributed by atoms with Gasteiger partial charge in [0.05, 0.1) is 31.2 Å². The number of anilines is 2. The van der Waals surface area contributed by atoms with E-state index in [1.165, 1.54) is 11.2 Å². The van der Waals surface area contributed by atoms with E-state index in [0.29, 0.717) is 28.3 Å². The lowest BCUT2D eigenvalue weighted by Gasteiger charge is -2.27. The van der Waals surface area contributed by atoms with Gasteiger partial charge in [0.2, 0.25) is 5.91 Å². The maximum absolute atomic E-state index is 12.9. The van der Waals surface area contributed by atoms with E-state index >= 15 is 0 Å². The van der Waals surface area contributed by atoms with E-state index in [2.05, 4.69) is 5.32 Å². The molecule has 0 radical (unpaired) electrons. The molecule has 2 aromatic carbocycles. The van der Waals surface area contributed by atoms with Crippen molar-refractivity contribution in [2.45, 2.75) is 25.8 Å². The summed E-state index contributed by atoms with van der Waals surface area (Å²) in [6.45, 7) is 1.36. The van der Waals surface area contributed by atoms with Crippen molar-refractivity contribution in [3.63, 3.8) is 0 Å². The Hall–Kier alpha value is -3.81. The highest BCUT2D eigenvalue weighted by molar-refractivity contribution is 6.05. The van der Waals surface area contributed by atoms with Crippen molar-refractivity contribution in [3.8, 4) is 5.75 Å². The molecule has 2 heterocycles. The minimum absolute atomic E-state index is 0.0290. The van der Waals surface area contributed by atoms with Gasteiger partial charge >= 0.3 is 5.97 Å². The Morgan fingerprint density at radius 2 is 2.03 bits per heavy atom. The Morgan fingerprint density at radius 1 is 1.23 bits per heavy atom. The number of benzene rings is 2. The molecule has 1 aromatic heterocycles. The van der Waals surface area contributed by atoms with E-state index < -0.39 is 18.5 Å². The van der Waals surface area contributed by atoms with E-state index in [1.54, 1.807) is 50.4 Å². The first kappa shape index (κ1) is 20.5. The van der Waals surface area contributed by atoms with Crippen molar-refractivity contribution in [3.05, 3.63) is 54.3 Å². The van der Waals surface area contributed by atoms with Crippen LogP contribution < -0.4 is 15.0 Å². The third kappa shape index (κ3) is 4.23. The Kier molecular flexibility index (Phi) is 5.62. The summed E-state index contributed by atoms with van der Waals surface area (Å²) in [4.78, 5) is 38.8. The van der Waals surface area contributed by atoms with Gasteiger partial charge in [-0.3, -0.25) is 14.4 Å². The van der Waals surface area contributed by atoms with Gasteiger partial charge in [-0.1, -0.05) is 12.1 Å². The van der Waals surface area contributed by atoms with Crippen molar-refractivity contribution < 1.29 is 28.3 Å². The summed E-state index contributed by atoms with van der Waals surface area (Å²) in [5, 5.41) is 3.58. The molecule has 0 spiro atoms. The number of fused-ring (bicyclic) bond motifs is 2. The van der Waals surface area contributed by atoms with Crippen LogP contribution in [0.25, 0.3) is 11.0 Å². The molecule has 2 amide bonds. The Bertz CT molecular complexity index is 1150. The molecule has 1 unspecified atom stereocenters. The van der Waals surface area contributed by atoms with Gasteiger partial charge in [0.1, 0.15) is 11.3 Å². The quantitative estimate of drug-likeness (QED) is 0.634. The summed E-state index contributed by atoms with van der Waals surface area (Å²) in [7, 11) is 1.56. The van der Waals surface area contributed by atoms with Crippen LogP contribution >= 0.6 is 0 Å². The van der Waals surface area contributed by atoms with Crippen molar-refractivity contribution in [2.24, 2.45) is 0 Å². The monoisotopic (exact) mass is 422 g/mol. The predicted octanol–water partition coefficient (Wildman–Crippen LogP) is 3.29. The van der Waals surface area contributed by atoms with Crippen LogP contribution in [-0.4, -0.2) is 37.5 Å². The molecule has 0 saturated carbocycles. The minimum Gasteiger partial charge on any atom is -0.497 e. The number of esters is 1. The molecule has 160 valence electrons. The summed E-state index contributed by atoms with van der Waals surface area (Å²) in [6.07, 6.45) is 1.62. The molecule has 8 nitrogen and oxygen atoms in total. The minimum atomic E-state index is -0.545. The van der Waals surface area contributed by atoms with Gasteiger partial charge < -0.3 is 24.1 Å². The van der Waals surface area contributed by atoms with E-state index in [4.69, 9.17) is 13.9 Å². The largest absolute Gasteiger partial charge is 0.497 e. The third-order valence-electron chi connectivity index (χ3n) is 5.18. The van der Waals surface area contributed by atoms with E-state index in [1.807, 2.05) is 6.07 Å². The van der Waals surface area contributed by atoms with Crippen LogP contribution in [0.1, 0.15) is 18.9 Å². The standard InChI is InChI=1S/C23H22N2O6/c1-14-9-21(26)24-18-5-3-4-6-19(18)25(14)22(27)13-31-23(28)10-15-12-30-20-11-16(29-2)7-8-17(15)20/h3-8,11-12,14H,9-10,13H2,1-2H3,(H,24,26). The number of rotatable bonds is 5. The lowest BCUT2D eigenvalue weighted by Crippen LogP contribution is -2.41. The fraction of sp³-hybridized carbons (Fsp3) is 0.261. The highest BCUT2D eigenvalue weighted by Crippen LogP contribution is 2.31. The van der Waals surface area contributed by atoms with Gasteiger partial charge in [-0.15, -0.1) is 0 Å². The molecule has 4 rings (SSSR count). The van der Waals surface area contributed by atoms with Crippen LogP contribution in [0.3, 0.4) is 0 Å². The molecule has 8 heteroatoms. The summed E-state index contributed by atoms with van der Waals surface area (Å²) < 4.78 is 15.9. The lowest BCUT2D eigenvalue weighted by molar-refractivity contribution is -0.147.